The molecule has 1 saturated heterocycles. The van der Waals surface area contributed by atoms with Crippen molar-refractivity contribution < 1.29 is 9.90 Å². The van der Waals surface area contributed by atoms with E-state index >= 15 is 0 Å². The predicted octanol–water partition coefficient (Wildman–Crippen LogP) is 0.764. The van der Waals surface area contributed by atoms with Gasteiger partial charge in [0.2, 0.25) is 5.91 Å². The van der Waals surface area contributed by atoms with E-state index in [0.717, 1.165) is 56.7 Å². The minimum Gasteiger partial charge on any atom is -0.390 e. The Balaban J connectivity index is 1.75. The van der Waals surface area contributed by atoms with Crippen LogP contribution in [0, 0.1) is 0 Å². The van der Waals surface area contributed by atoms with Crippen LogP contribution in [-0.4, -0.2) is 56.3 Å². The molecule has 1 aromatic heterocycles. The van der Waals surface area contributed by atoms with Gasteiger partial charge in [0.05, 0.1) is 18.3 Å². The third kappa shape index (κ3) is 2.65. The quantitative estimate of drug-likeness (QED) is 0.892. The predicted molar refractivity (Wildman–Crippen MR) is 83.2 cm³/mol. The number of hydrogen-bond acceptors (Lipinski definition) is 4. The van der Waals surface area contributed by atoms with Crippen LogP contribution in [0.3, 0.4) is 0 Å². The lowest BCUT2D eigenvalue weighted by Gasteiger charge is -2.34. The number of hydrogen-bond donors (Lipinski definition) is 1. The normalized spacial score (nSPS) is 20.2. The molecular formula is C16H26N4O2. The molecule has 0 bridgehead atoms. The monoisotopic (exact) mass is 306 g/mol. The van der Waals surface area contributed by atoms with Crippen LogP contribution in [-0.2, 0) is 30.9 Å². The number of aromatic nitrogens is 2. The van der Waals surface area contributed by atoms with Crippen LogP contribution in [0.1, 0.15) is 43.6 Å². The van der Waals surface area contributed by atoms with Gasteiger partial charge in [0, 0.05) is 50.4 Å². The van der Waals surface area contributed by atoms with Crippen LogP contribution in [0.5, 0.6) is 0 Å². The lowest BCUT2D eigenvalue weighted by atomic mass is 10.0. The number of fused-ring (bicyclic) bond motifs is 1. The molecule has 1 atom stereocenters. The highest BCUT2D eigenvalue weighted by Gasteiger charge is 2.32. The molecular weight excluding hydrogens is 280 g/mol. The number of amides is 1. The van der Waals surface area contributed by atoms with E-state index < -0.39 is 0 Å². The molecule has 0 radical (unpaired) electrons. The summed E-state index contributed by atoms with van der Waals surface area (Å²) in [6.45, 7) is 8.27. The largest absolute Gasteiger partial charge is 0.390 e. The number of carbonyl (C=O) groups excluding carboxylic acids is 1. The number of carbonyl (C=O) groups is 1. The molecule has 2 aliphatic heterocycles. The number of rotatable bonds is 4. The van der Waals surface area contributed by atoms with Crippen LogP contribution >= 0.6 is 0 Å². The summed E-state index contributed by atoms with van der Waals surface area (Å²) in [7, 11) is 0. The molecule has 1 fully saturated rings. The van der Waals surface area contributed by atoms with Crippen molar-refractivity contribution in [3.8, 4) is 0 Å². The molecule has 3 rings (SSSR count). The van der Waals surface area contributed by atoms with Crippen LogP contribution in [0.2, 0.25) is 0 Å². The van der Waals surface area contributed by atoms with Crippen LogP contribution in [0.25, 0.3) is 0 Å². The Hall–Kier alpha value is -1.40. The van der Waals surface area contributed by atoms with Crippen molar-refractivity contribution in [2.24, 2.45) is 0 Å². The molecule has 1 amide bonds. The van der Waals surface area contributed by atoms with Crippen molar-refractivity contribution in [2.75, 3.05) is 19.6 Å². The summed E-state index contributed by atoms with van der Waals surface area (Å²) >= 11 is 0. The maximum Gasteiger partial charge on any atom is 0.239 e. The lowest BCUT2D eigenvalue weighted by Crippen LogP contribution is -2.48. The molecule has 6 heteroatoms. The molecule has 122 valence electrons. The molecule has 0 saturated carbocycles. The summed E-state index contributed by atoms with van der Waals surface area (Å²) < 4.78 is 1.99. The van der Waals surface area contributed by atoms with Crippen LogP contribution in [0.4, 0.5) is 0 Å². The Bertz CT molecular complexity index is 549. The van der Waals surface area contributed by atoms with Gasteiger partial charge in [0.15, 0.2) is 0 Å². The molecule has 1 N–H and O–H groups in total. The highest BCUT2D eigenvalue weighted by molar-refractivity contribution is 5.81. The van der Waals surface area contributed by atoms with E-state index in [1.807, 2.05) is 16.5 Å². The topological polar surface area (TPSA) is 61.6 Å². The average molecular weight is 306 g/mol. The Morgan fingerprint density at radius 1 is 1.32 bits per heavy atom. The second-order valence-electron chi connectivity index (χ2n) is 6.27. The summed E-state index contributed by atoms with van der Waals surface area (Å²) in [5, 5.41) is 14.0. The van der Waals surface area contributed by atoms with Gasteiger partial charge in [-0.3, -0.25) is 14.4 Å². The van der Waals surface area contributed by atoms with E-state index in [1.54, 1.807) is 0 Å². The van der Waals surface area contributed by atoms with Gasteiger partial charge in [-0.1, -0.05) is 0 Å². The number of aliphatic hydroxyl groups is 1. The van der Waals surface area contributed by atoms with Crippen molar-refractivity contribution >= 4 is 5.91 Å². The van der Waals surface area contributed by atoms with Gasteiger partial charge in [-0.25, -0.2) is 0 Å². The lowest BCUT2D eigenvalue weighted by molar-refractivity contribution is -0.135. The fourth-order valence-electron chi connectivity index (χ4n) is 3.66. The number of nitrogens with zero attached hydrogens (tertiary/aromatic N) is 4. The molecule has 6 nitrogen and oxygen atoms in total. The summed E-state index contributed by atoms with van der Waals surface area (Å²) in [5.74, 6) is 0.245. The maximum absolute atomic E-state index is 12.6. The Kier molecular flexibility index (Phi) is 4.49. The van der Waals surface area contributed by atoms with Crippen molar-refractivity contribution in [1.82, 2.24) is 19.6 Å². The highest BCUT2D eigenvalue weighted by atomic mass is 16.3. The molecule has 1 aromatic rings. The van der Waals surface area contributed by atoms with E-state index in [0.29, 0.717) is 6.54 Å². The van der Waals surface area contributed by atoms with Crippen molar-refractivity contribution in [2.45, 2.75) is 58.8 Å². The Morgan fingerprint density at radius 2 is 2.05 bits per heavy atom. The Morgan fingerprint density at radius 3 is 2.68 bits per heavy atom. The van der Waals surface area contributed by atoms with Crippen molar-refractivity contribution in [3.63, 3.8) is 0 Å². The zero-order valence-electron chi connectivity index (χ0n) is 13.6. The van der Waals surface area contributed by atoms with Gasteiger partial charge in [0.25, 0.3) is 0 Å². The minimum atomic E-state index is -0.0947. The first kappa shape index (κ1) is 15.5. The molecule has 0 aromatic carbocycles. The fraction of sp³-hybridized carbons (Fsp3) is 0.750. The van der Waals surface area contributed by atoms with Gasteiger partial charge in [-0.15, -0.1) is 0 Å². The van der Waals surface area contributed by atoms with Gasteiger partial charge in [-0.05, 0) is 26.7 Å². The first-order valence-electron chi connectivity index (χ1n) is 8.36. The number of aryl methyl sites for hydroxylation is 1. The first-order chi connectivity index (χ1) is 10.7. The molecule has 0 spiro atoms. The third-order valence-corrected chi connectivity index (χ3v) is 5.02. The van der Waals surface area contributed by atoms with E-state index in [9.17, 15) is 9.90 Å². The summed E-state index contributed by atoms with van der Waals surface area (Å²) in [4.78, 5) is 16.8. The summed E-state index contributed by atoms with van der Waals surface area (Å²) in [6.07, 6.45) is 3.15. The van der Waals surface area contributed by atoms with Gasteiger partial charge in [0.1, 0.15) is 0 Å². The van der Waals surface area contributed by atoms with E-state index in [4.69, 9.17) is 0 Å². The summed E-state index contributed by atoms with van der Waals surface area (Å²) in [5.41, 5.74) is 3.11. The molecule has 1 unspecified atom stereocenters. The fourth-order valence-corrected chi connectivity index (χ4v) is 3.66. The standard InChI is InChI=1S/C16H26N4O2/c1-3-20-15-6-9-19(10-13(15)14(11-21)17-20)12(2)16(22)18-7-4-5-8-18/h12,21H,3-11H2,1-2H3. The van der Waals surface area contributed by atoms with Crippen LogP contribution < -0.4 is 0 Å². The van der Waals surface area contributed by atoms with E-state index in [1.165, 1.54) is 5.69 Å². The van der Waals surface area contributed by atoms with E-state index in [2.05, 4.69) is 16.9 Å². The third-order valence-electron chi connectivity index (χ3n) is 5.02. The average Bonchev–Trinajstić information content (AvgIpc) is 3.20. The van der Waals surface area contributed by atoms with E-state index in [-0.39, 0.29) is 18.6 Å². The smallest absolute Gasteiger partial charge is 0.239 e. The zero-order valence-corrected chi connectivity index (χ0v) is 13.6. The van der Waals surface area contributed by atoms with Crippen LogP contribution in [0.15, 0.2) is 0 Å². The highest BCUT2D eigenvalue weighted by Crippen LogP contribution is 2.25. The number of likely N-dealkylation sites (tertiary alicyclic amines) is 1. The van der Waals surface area contributed by atoms with Gasteiger partial charge >= 0.3 is 0 Å². The maximum atomic E-state index is 12.6. The van der Waals surface area contributed by atoms with Crippen molar-refractivity contribution in [1.29, 1.82) is 0 Å². The SMILES string of the molecule is CCn1nc(CO)c2c1CCN(C(C)C(=O)N1CCCC1)C2. The molecule has 0 aliphatic carbocycles. The first-order valence-corrected chi connectivity index (χ1v) is 8.36. The van der Waals surface area contributed by atoms with Gasteiger partial charge < -0.3 is 10.0 Å². The van der Waals surface area contributed by atoms with Crippen molar-refractivity contribution in [3.05, 3.63) is 17.0 Å². The molecule has 3 heterocycles. The number of aliphatic hydroxyl groups excluding tert-OH is 1. The second kappa shape index (κ2) is 6.38. The molecule has 2 aliphatic rings. The zero-order chi connectivity index (χ0) is 15.7. The van der Waals surface area contributed by atoms with Gasteiger partial charge in [-0.2, -0.15) is 5.10 Å². The second-order valence-corrected chi connectivity index (χ2v) is 6.27. The molecule has 22 heavy (non-hydrogen) atoms. The summed E-state index contributed by atoms with van der Waals surface area (Å²) in [6, 6.07) is -0.0947. The minimum absolute atomic E-state index is 0.0301. The Labute approximate surface area is 131 Å².